The van der Waals surface area contributed by atoms with Crippen molar-refractivity contribution in [2.75, 3.05) is 39.2 Å². The molecular weight excluding hydrogens is 674 g/mol. The Balaban J connectivity index is 1.17. The third-order valence-electron chi connectivity index (χ3n) is 9.41. The number of hydrogen-bond donors (Lipinski definition) is 6. The first-order valence-electron chi connectivity index (χ1n) is 17.1. The highest BCUT2D eigenvalue weighted by molar-refractivity contribution is 5.94. The van der Waals surface area contributed by atoms with Gasteiger partial charge in [0.2, 0.25) is 17.7 Å². The standard InChI is InChI=1S/C36H45N7O9/c1-20(44)29(40-35(49)51-3)33(47)42-17-15-25(19-42)32(46)38-26-13-11-23(12-14-26)22-7-9-24(10-8-22)27-18-37-31(39-27)28-6-5-16-43(28)34(48)30(21(2)45)41-36(50)52-4/h7-14,18,20-21,25,28-30,44-45H,5-6,15-17,19H2,1-4H3,(H,37,39)(H,38,46)(H,40,49)(H,41,50)/t20-,21-,25+,28-,29+,30-/m0/s1. The maximum atomic E-state index is 13.3. The van der Waals surface area contributed by atoms with Gasteiger partial charge >= 0.3 is 12.2 Å². The number of methoxy groups -OCH3 is 2. The molecule has 2 aromatic carbocycles. The molecule has 0 aliphatic carbocycles. The molecule has 5 amide bonds. The molecule has 3 aromatic rings. The lowest BCUT2D eigenvalue weighted by atomic mass is 10.0. The lowest BCUT2D eigenvalue weighted by Gasteiger charge is -2.29. The summed E-state index contributed by atoms with van der Waals surface area (Å²) in [4.78, 5) is 73.7. The van der Waals surface area contributed by atoms with Crippen LogP contribution in [0, 0.1) is 5.92 Å². The first-order chi connectivity index (χ1) is 24.9. The van der Waals surface area contributed by atoms with Crippen LogP contribution in [-0.4, -0.2) is 118 Å². The van der Waals surface area contributed by atoms with Crippen LogP contribution in [0.25, 0.3) is 22.4 Å². The summed E-state index contributed by atoms with van der Waals surface area (Å²) in [5.74, 6) is -0.961. The van der Waals surface area contributed by atoms with E-state index in [1.807, 2.05) is 36.4 Å². The predicted octanol–water partition coefficient (Wildman–Crippen LogP) is 2.41. The SMILES string of the molecule is COC(=O)N[C@H](C(=O)N1CCC[C@H]1c1ncc(-c2ccc(-c3ccc(NC(=O)[C@@H]4CCN(C(=O)[C@H](NC(=O)OC)[C@H](C)O)C4)cc3)cc2)[nH]1)[C@H](C)O. The summed E-state index contributed by atoms with van der Waals surface area (Å²) < 4.78 is 9.17. The summed E-state index contributed by atoms with van der Waals surface area (Å²) >= 11 is 0. The second-order valence-corrected chi connectivity index (χ2v) is 13.0. The first-order valence-corrected chi connectivity index (χ1v) is 17.1. The van der Waals surface area contributed by atoms with E-state index >= 15 is 0 Å². The van der Waals surface area contributed by atoms with Gasteiger partial charge in [0.05, 0.1) is 50.3 Å². The lowest BCUT2D eigenvalue weighted by Crippen LogP contribution is -2.53. The second-order valence-electron chi connectivity index (χ2n) is 13.0. The van der Waals surface area contributed by atoms with Gasteiger partial charge in [-0.15, -0.1) is 0 Å². The zero-order valence-corrected chi connectivity index (χ0v) is 29.5. The van der Waals surface area contributed by atoms with Crippen molar-refractivity contribution < 1.29 is 43.7 Å². The van der Waals surface area contributed by atoms with E-state index in [1.54, 1.807) is 23.2 Å². The lowest BCUT2D eigenvalue weighted by molar-refractivity contribution is -0.137. The van der Waals surface area contributed by atoms with Crippen molar-refractivity contribution in [3.8, 4) is 22.4 Å². The van der Waals surface area contributed by atoms with Gasteiger partial charge in [0.15, 0.2) is 0 Å². The van der Waals surface area contributed by atoms with Crippen LogP contribution in [0.1, 0.15) is 45.0 Å². The molecule has 16 nitrogen and oxygen atoms in total. The van der Waals surface area contributed by atoms with E-state index in [2.05, 4.69) is 35.4 Å². The Bertz CT molecular complexity index is 1740. The summed E-state index contributed by atoms with van der Waals surface area (Å²) in [5, 5.41) is 27.9. The summed E-state index contributed by atoms with van der Waals surface area (Å²) in [5.41, 5.74) is 4.15. The van der Waals surface area contributed by atoms with E-state index in [0.717, 1.165) is 28.8 Å². The largest absolute Gasteiger partial charge is 0.453 e. The molecule has 52 heavy (non-hydrogen) atoms. The number of nitrogens with zero attached hydrogens (tertiary/aromatic N) is 3. The Hall–Kier alpha value is -5.48. The molecule has 2 fully saturated rings. The number of imidazole rings is 1. The molecule has 6 atom stereocenters. The molecule has 0 spiro atoms. The molecule has 0 saturated carbocycles. The summed E-state index contributed by atoms with van der Waals surface area (Å²) in [6, 6.07) is 12.6. The number of rotatable bonds is 11. The van der Waals surface area contributed by atoms with Gasteiger partial charge in [0.1, 0.15) is 17.9 Å². The van der Waals surface area contributed by atoms with Gasteiger partial charge in [-0.3, -0.25) is 14.4 Å². The average molecular weight is 720 g/mol. The zero-order valence-electron chi connectivity index (χ0n) is 29.5. The Kier molecular flexibility index (Phi) is 12.1. The molecular formula is C36H45N7O9. The summed E-state index contributed by atoms with van der Waals surface area (Å²) in [7, 11) is 2.36. The van der Waals surface area contributed by atoms with Crippen LogP contribution >= 0.6 is 0 Å². The number of aliphatic hydroxyl groups excluding tert-OH is 2. The number of aromatic amines is 1. The number of carbonyl (C=O) groups excluding carboxylic acids is 5. The highest BCUT2D eigenvalue weighted by atomic mass is 16.5. The predicted molar refractivity (Wildman–Crippen MR) is 188 cm³/mol. The number of aromatic nitrogens is 2. The minimum absolute atomic E-state index is 0.161. The minimum Gasteiger partial charge on any atom is -0.453 e. The number of amides is 5. The fraction of sp³-hybridized carbons (Fsp3) is 0.444. The Morgan fingerprint density at radius 2 is 1.37 bits per heavy atom. The van der Waals surface area contributed by atoms with Crippen molar-refractivity contribution >= 4 is 35.6 Å². The maximum Gasteiger partial charge on any atom is 0.407 e. The van der Waals surface area contributed by atoms with Crippen LogP contribution in [-0.2, 0) is 23.9 Å². The summed E-state index contributed by atoms with van der Waals surface area (Å²) in [6.45, 7) is 3.78. The van der Waals surface area contributed by atoms with Crippen LogP contribution < -0.4 is 16.0 Å². The van der Waals surface area contributed by atoms with E-state index in [-0.39, 0.29) is 18.5 Å². The highest BCUT2D eigenvalue weighted by Gasteiger charge is 2.39. The van der Waals surface area contributed by atoms with Gasteiger partial charge < -0.3 is 50.4 Å². The van der Waals surface area contributed by atoms with Crippen LogP contribution in [0.2, 0.25) is 0 Å². The van der Waals surface area contributed by atoms with E-state index in [9.17, 15) is 34.2 Å². The highest BCUT2D eigenvalue weighted by Crippen LogP contribution is 2.33. The molecule has 3 heterocycles. The molecule has 0 unspecified atom stereocenters. The van der Waals surface area contributed by atoms with Crippen molar-refractivity contribution in [3.63, 3.8) is 0 Å². The van der Waals surface area contributed by atoms with Crippen LogP contribution in [0.4, 0.5) is 15.3 Å². The number of aliphatic hydroxyl groups is 2. The van der Waals surface area contributed by atoms with Crippen molar-refractivity contribution in [2.24, 2.45) is 5.92 Å². The Morgan fingerprint density at radius 1 is 0.808 bits per heavy atom. The van der Waals surface area contributed by atoms with E-state index in [0.29, 0.717) is 37.4 Å². The van der Waals surface area contributed by atoms with Crippen LogP contribution in [0.15, 0.2) is 54.7 Å². The molecule has 2 saturated heterocycles. The van der Waals surface area contributed by atoms with E-state index in [1.165, 1.54) is 33.0 Å². The first kappa shape index (κ1) is 37.8. The second kappa shape index (κ2) is 16.7. The number of anilines is 1. The van der Waals surface area contributed by atoms with Crippen LogP contribution in [0.5, 0.6) is 0 Å². The number of benzene rings is 2. The fourth-order valence-electron chi connectivity index (χ4n) is 6.50. The molecule has 5 rings (SSSR count). The van der Waals surface area contributed by atoms with Crippen LogP contribution in [0.3, 0.4) is 0 Å². The molecule has 278 valence electrons. The molecule has 6 N–H and O–H groups in total. The number of carbonyl (C=O) groups is 5. The third-order valence-corrected chi connectivity index (χ3v) is 9.41. The van der Waals surface area contributed by atoms with Gasteiger partial charge in [0, 0.05) is 25.3 Å². The van der Waals surface area contributed by atoms with E-state index in [4.69, 9.17) is 0 Å². The van der Waals surface area contributed by atoms with Crippen molar-refractivity contribution in [2.45, 2.75) is 63.4 Å². The molecule has 2 aliphatic rings. The quantitative estimate of drug-likeness (QED) is 0.170. The third kappa shape index (κ3) is 8.69. The van der Waals surface area contributed by atoms with Crippen molar-refractivity contribution in [1.82, 2.24) is 30.4 Å². The minimum atomic E-state index is -1.18. The van der Waals surface area contributed by atoms with Crippen molar-refractivity contribution in [3.05, 3.63) is 60.6 Å². The van der Waals surface area contributed by atoms with Gasteiger partial charge in [-0.05, 0) is 61.9 Å². The van der Waals surface area contributed by atoms with Gasteiger partial charge in [-0.25, -0.2) is 14.6 Å². The average Bonchev–Trinajstić information content (AvgIpc) is 3.94. The Labute approximate surface area is 300 Å². The molecule has 1 aromatic heterocycles. The summed E-state index contributed by atoms with van der Waals surface area (Å²) in [6.07, 6.45) is -0.309. The number of alkyl carbamates (subject to hydrolysis) is 2. The molecule has 16 heteroatoms. The number of hydrogen-bond acceptors (Lipinski definition) is 10. The topological polar surface area (TPSA) is 216 Å². The normalized spacial score (nSPS) is 19.3. The maximum absolute atomic E-state index is 13.3. The van der Waals surface area contributed by atoms with Crippen molar-refractivity contribution in [1.29, 1.82) is 0 Å². The number of H-pyrrole nitrogens is 1. The smallest absolute Gasteiger partial charge is 0.407 e. The number of ether oxygens (including phenoxy) is 2. The molecule has 0 bridgehead atoms. The fourth-order valence-corrected chi connectivity index (χ4v) is 6.50. The molecule has 0 radical (unpaired) electrons. The van der Waals surface area contributed by atoms with Gasteiger partial charge in [-0.2, -0.15) is 0 Å². The molecule has 2 aliphatic heterocycles. The van der Waals surface area contributed by atoms with Gasteiger partial charge in [0.25, 0.3) is 0 Å². The number of nitrogens with one attached hydrogen (secondary N) is 4. The number of likely N-dealkylation sites (tertiary alicyclic amines) is 2. The zero-order chi connectivity index (χ0) is 37.5. The van der Waals surface area contributed by atoms with E-state index < -0.39 is 54.2 Å². The monoisotopic (exact) mass is 719 g/mol. The van der Waals surface area contributed by atoms with Gasteiger partial charge in [-0.1, -0.05) is 36.4 Å². The Morgan fingerprint density at radius 3 is 1.94 bits per heavy atom.